The molecule has 0 aliphatic heterocycles. The number of anilines is 1. The van der Waals surface area contributed by atoms with Crippen LogP contribution in [0.15, 0.2) is 71.3 Å². The zero-order chi connectivity index (χ0) is 25.5. The van der Waals surface area contributed by atoms with E-state index in [4.69, 9.17) is 9.15 Å². The molecule has 1 aliphatic rings. The zero-order valence-electron chi connectivity index (χ0n) is 20.0. The van der Waals surface area contributed by atoms with E-state index in [0.29, 0.717) is 17.2 Å². The Hall–Kier alpha value is -4.14. The third kappa shape index (κ3) is 6.50. The van der Waals surface area contributed by atoms with Crippen LogP contribution >= 0.6 is 0 Å². The van der Waals surface area contributed by atoms with Gasteiger partial charge < -0.3 is 24.3 Å². The first-order chi connectivity index (χ1) is 17.4. The van der Waals surface area contributed by atoms with Crippen LogP contribution in [0.2, 0.25) is 0 Å². The zero-order valence-corrected chi connectivity index (χ0v) is 20.0. The van der Waals surface area contributed by atoms with E-state index in [1.54, 1.807) is 42.3 Å². The molecule has 0 saturated heterocycles. The quantitative estimate of drug-likeness (QED) is 0.467. The number of rotatable bonds is 9. The Morgan fingerprint density at radius 3 is 2.22 bits per heavy atom. The van der Waals surface area contributed by atoms with Gasteiger partial charge in [-0.3, -0.25) is 14.4 Å². The summed E-state index contributed by atoms with van der Waals surface area (Å²) in [4.78, 5) is 41.5. The standard InChI is InChI=1S/C27H28FN3O5/c1-30(21-5-2-3-6-21)26(33)18-31(27(34)24-7-4-16-35-24)17-25(32)29-20-10-14-23(15-11-20)36-22-12-8-19(28)9-13-22/h4,7-16,21H,2-3,5-6,17-18H2,1H3,(H,29,32). The van der Waals surface area contributed by atoms with Gasteiger partial charge in [-0.15, -0.1) is 0 Å². The normalized spacial score (nSPS) is 13.3. The Morgan fingerprint density at radius 1 is 0.972 bits per heavy atom. The molecule has 9 heteroatoms. The second-order valence-corrected chi connectivity index (χ2v) is 8.71. The first-order valence-corrected chi connectivity index (χ1v) is 11.8. The Balaban J connectivity index is 1.38. The topological polar surface area (TPSA) is 92.1 Å². The third-order valence-corrected chi connectivity index (χ3v) is 6.13. The number of ether oxygens (including phenoxy) is 1. The molecule has 0 bridgehead atoms. The van der Waals surface area contributed by atoms with Crippen molar-refractivity contribution in [1.82, 2.24) is 9.80 Å². The minimum absolute atomic E-state index is 0.0569. The molecule has 0 unspecified atom stereocenters. The SMILES string of the molecule is CN(C(=O)CN(CC(=O)Nc1ccc(Oc2ccc(F)cc2)cc1)C(=O)c1ccco1)C1CCCC1. The molecule has 188 valence electrons. The molecule has 3 aromatic rings. The van der Waals surface area contributed by atoms with Crippen molar-refractivity contribution in [1.29, 1.82) is 0 Å². The minimum atomic E-state index is -0.536. The number of carbonyl (C=O) groups excluding carboxylic acids is 3. The van der Waals surface area contributed by atoms with E-state index >= 15 is 0 Å². The summed E-state index contributed by atoms with van der Waals surface area (Å²) in [6.07, 6.45) is 5.40. The van der Waals surface area contributed by atoms with Crippen LogP contribution in [-0.4, -0.2) is 53.7 Å². The van der Waals surface area contributed by atoms with Crippen LogP contribution in [-0.2, 0) is 9.59 Å². The molecule has 8 nitrogen and oxygen atoms in total. The molecule has 3 amide bonds. The van der Waals surface area contributed by atoms with Gasteiger partial charge in [0.05, 0.1) is 6.26 Å². The lowest BCUT2D eigenvalue weighted by Crippen LogP contribution is -2.46. The molecule has 36 heavy (non-hydrogen) atoms. The van der Waals surface area contributed by atoms with E-state index in [2.05, 4.69) is 5.32 Å². The molecule has 1 aromatic heterocycles. The lowest BCUT2D eigenvalue weighted by atomic mass is 10.2. The van der Waals surface area contributed by atoms with E-state index in [9.17, 15) is 18.8 Å². The maximum absolute atomic E-state index is 13.1. The fraction of sp³-hybridized carbons (Fsp3) is 0.296. The molecule has 2 aromatic carbocycles. The van der Waals surface area contributed by atoms with Gasteiger partial charge in [-0.05, 0) is 73.5 Å². The smallest absolute Gasteiger partial charge is 0.290 e. The van der Waals surface area contributed by atoms with E-state index in [1.807, 2.05) is 0 Å². The average Bonchev–Trinajstić information content (AvgIpc) is 3.60. The Labute approximate surface area is 208 Å². The van der Waals surface area contributed by atoms with Gasteiger partial charge >= 0.3 is 0 Å². The van der Waals surface area contributed by atoms with Gasteiger partial charge in [0.15, 0.2) is 5.76 Å². The van der Waals surface area contributed by atoms with Crippen LogP contribution < -0.4 is 10.1 Å². The average molecular weight is 494 g/mol. The molecule has 1 N–H and O–H groups in total. The summed E-state index contributed by atoms with van der Waals surface area (Å²) in [6, 6.07) is 15.5. The number of amides is 3. The number of hydrogen-bond acceptors (Lipinski definition) is 5. The highest BCUT2D eigenvalue weighted by Gasteiger charge is 2.28. The molecule has 1 heterocycles. The van der Waals surface area contributed by atoms with Crippen LogP contribution in [0.3, 0.4) is 0 Å². The molecule has 1 fully saturated rings. The van der Waals surface area contributed by atoms with E-state index in [0.717, 1.165) is 25.7 Å². The van der Waals surface area contributed by atoms with Crippen molar-refractivity contribution >= 4 is 23.4 Å². The molecule has 0 spiro atoms. The number of nitrogens with zero attached hydrogens (tertiary/aromatic N) is 2. The van der Waals surface area contributed by atoms with Crippen molar-refractivity contribution in [2.24, 2.45) is 0 Å². The van der Waals surface area contributed by atoms with Crippen molar-refractivity contribution in [2.45, 2.75) is 31.7 Å². The predicted molar refractivity (Wildman–Crippen MR) is 131 cm³/mol. The van der Waals surface area contributed by atoms with Gasteiger partial charge in [0.1, 0.15) is 30.4 Å². The number of furan rings is 1. The van der Waals surface area contributed by atoms with Gasteiger partial charge in [0.25, 0.3) is 5.91 Å². The van der Waals surface area contributed by atoms with Crippen LogP contribution in [0, 0.1) is 5.82 Å². The number of benzene rings is 2. The van der Waals surface area contributed by atoms with Crippen LogP contribution in [0.25, 0.3) is 0 Å². The van der Waals surface area contributed by atoms with Gasteiger partial charge in [0.2, 0.25) is 11.8 Å². The molecular formula is C27H28FN3O5. The highest BCUT2D eigenvalue weighted by atomic mass is 19.1. The van der Waals surface area contributed by atoms with E-state index < -0.39 is 11.8 Å². The molecular weight excluding hydrogens is 465 g/mol. The van der Waals surface area contributed by atoms with Crippen molar-refractivity contribution < 1.29 is 27.9 Å². The number of likely N-dealkylation sites (N-methyl/N-ethyl adjacent to an activating group) is 1. The summed E-state index contributed by atoms with van der Waals surface area (Å²) >= 11 is 0. The van der Waals surface area contributed by atoms with E-state index in [1.165, 1.54) is 41.5 Å². The van der Waals surface area contributed by atoms with Crippen LogP contribution in [0.4, 0.5) is 10.1 Å². The fourth-order valence-electron chi connectivity index (χ4n) is 4.14. The van der Waals surface area contributed by atoms with Crippen molar-refractivity contribution in [3.8, 4) is 11.5 Å². The summed E-state index contributed by atoms with van der Waals surface area (Å²) in [5.41, 5.74) is 0.492. The Kier molecular flexibility index (Phi) is 7.99. The summed E-state index contributed by atoms with van der Waals surface area (Å²) in [5.74, 6) is -0.530. The number of nitrogens with one attached hydrogen (secondary N) is 1. The lowest BCUT2D eigenvalue weighted by molar-refractivity contribution is -0.132. The third-order valence-electron chi connectivity index (χ3n) is 6.13. The molecule has 4 rings (SSSR count). The molecule has 0 radical (unpaired) electrons. The second-order valence-electron chi connectivity index (χ2n) is 8.71. The Morgan fingerprint density at radius 2 is 1.61 bits per heavy atom. The van der Waals surface area contributed by atoms with Crippen LogP contribution in [0.1, 0.15) is 36.2 Å². The maximum Gasteiger partial charge on any atom is 0.290 e. The molecule has 0 atom stereocenters. The molecule has 1 aliphatic carbocycles. The number of hydrogen-bond donors (Lipinski definition) is 1. The van der Waals surface area contributed by atoms with Gasteiger partial charge in [0, 0.05) is 18.8 Å². The largest absolute Gasteiger partial charge is 0.459 e. The highest BCUT2D eigenvalue weighted by Crippen LogP contribution is 2.24. The monoisotopic (exact) mass is 493 g/mol. The predicted octanol–water partition coefficient (Wildman–Crippen LogP) is 4.69. The Bertz CT molecular complexity index is 1170. The fourth-order valence-corrected chi connectivity index (χ4v) is 4.14. The minimum Gasteiger partial charge on any atom is -0.459 e. The lowest BCUT2D eigenvalue weighted by Gasteiger charge is -2.28. The second kappa shape index (κ2) is 11.5. The van der Waals surface area contributed by atoms with Crippen molar-refractivity contribution in [3.05, 3.63) is 78.5 Å². The van der Waals surface area contributed by atoms with Gasteiger partial charge in [-0.2, -0.15) is 0 Å². The van der Waals surface area contributed by atoms with E-state index in [-0.39, 0.29) is 36.6 Å². The van der Waals surface area contributed by atoms with Gasteiger partial charge in [-0.1, -0.05) is 12.8 Å². The van der Waals surface area contributed by atoms with Crippen LogP contribution in [0.5, 0.6) is 11.5 Å². The highest BCUT2D eigenvalue weighted by molar-refractivity contribution is 5.99. The van der Waals surface area contributed by atoms with Crippen molar-refractivity contribution in [3.63, 3.8) is 0 Å². The first-order valence-electron chi connectivity index (χ1n) is 11.8. The summed E-state index contributed by atoms with van der Waals surface area (Å²) < 4.78 is 23.9. The van der Waals surface area contributed by atoms with Crippen molar-refractivity contribution in [2.75, 3.05) is 25.5 Å². The number of carbonyl (C=O) groups is 3. The molecule has 1 saturated carbocycles. The summed E-state index contributed by atoms with van der Waals surface area (Å²) in [6.45, 7) is -0.554. The maximum atomic E-state index is 13.1. The van der Waals surface area contributed by atoms with Gasteiger partial charge in [-0.25, -0.2) is 4.39 Å². The first kappa shape index (κ1) is 25.0. The summed E-state index contributed by atoms with van der Waals surface area (Å²) in [5, 5.41) is 2.74. The summed E-state index contributed by atoms with van der Waals surface area (Å²) in [7, 11) is 1.74. The number of halogens is 1.